The lowest BCUT2D eigenvalue weighted by Gasteiger charge is -2.15. The fourth-order valence-electron chi connectivity index (χ4n) is 2.02. The molecular weight excluding hydrogens is 204 g/mol. The number of halogens is 1. The maximum absolute atomic E-state index is 9.98. The van der Waals surface area contributed by atoms with Crippen LogP contribution in [0.3, 0.4) is 0 Å². The van der Waals surface area contributed by atoms with Gasteiger partial charge in [-0.2, -0.15) is 0 Å². The minimum Gasteiger partial charge on any atom is -0.388 e. The Hall–Kier alpha value is -0.0500. The average molecular weight is 217 g/mol. The molecule has 1 unspecified atom stereocenters. The van der Waals surface area contributed by atoms with Crippen LogP contribution >= 0.6 is 22.9 Å². The fourth-order valence-corrected chi connectivity index (χ4v) is 2.94. The van der Waals surface area contributed by atoms with E-state index in [-0.39, 0.29) is 6.10 Å². The maximum atomic E-state index is 9.98. The Balaban J connectivity index is 2.07. The molecule has 1 aliphatic rings. The van der Waals surface area contributed by atoms with Gasteiger partial charge in [-0.15, -0.1) is 11.3 Å². The van der Waals surface area contributed by atoms with Crippen molar-refractivity contribution in [2.45, 2.75) is 31.8 Å². The summed E-state index contributed by atoms with van der Waals surface area (Å²) in [5.74, 6) is 0.464. The molecule has 1 aromatic rings. The highest BCUT2D eigenvalue weighted by Gasteiger charge is 2.24. The van der Waals surface area contributed by atoms with E-state index in [0.29, 0.717) is 5.92 Å². The summed E-state index contributed by atoms with van der Waals surface area (Å²) in [6.07, 6.45) is 4.56. The van der Waals surface area contributed by atoms with Gasteiger partial charge in [0.1, 0.15) is 0 Å². The van der Waals surface area contributed by atoms with Crippen LogP contribution in [0.4, 0.5) is 0 Å². The van der Waals surface area contributed by atoms with Crippen LogP contribution in [0.15, 0.2) is 11.4 Å². The van der Waals surface area contributed by atoms with Crippen LogP contribution in [0.2, 0.25) is 4.34 Å². The van der Waals surface area contributed by atoms with Crippen LogP contribution < -0.4 is 0 Å². The van der Waals surface area contributed by atoms with Gasteiger partial charge in [0.2, 0.25) is 0 Å². The summed E-state index contributed by atoms with van der Waals surface area (Å²) in [4.78, 5) is 0. The molecular formula is C10H13ClOS. The third kappa shape index (κ3) is 2.06. The molecule has 3 heteroatoms. The van der Waals surface area contributed by atoms with Crippen LogP contribution in [0, 0.1) is 5.92 Å². The summed E-state index contributed by atoms with van der Waals surface area (Å²) >= 11 is 7.32. The normalized spacial score (nSPS) is 20.8. The topological polar surface area (TPSA) is 20.2 Å². The molecule has 0 bridgehead atoms. The third-order valence-electron chi connectivity index (χ3n) is 2.78. The van der Waals surface area contributed by atoms with Gasteiger partial charge in [-0.05, 0) is 35.8 Å². The van der Waals surface area contributed by atoms with E-state index in [1.807, 2.05) is 11.4 Å². The van der Waals surface area contributed by atoms with E-state index in [2.05, 4.69) is 0 Å². The molecule has 1 aliphatic carbocycles. The van der Waals surface area contributed by atoms with Crippen LogP contribution in [0.1, 0.15) is 37.4 Å². The van der Waals surface area contributed by atoms with E-state index in [9.17, 15) is 5.11 Å². The molecule has 1 atom stereocenters. The van der Waals surface area contributed by atoms with Gasteiger partial charge in [-0.3, -0.25) is 0 Å². The van der Waals surface area contributed by atoms with Crippen LogP contribution in [-0.4, -0.2) is 5.11 Å². The Kier molecular flexibility index (Phi) is 2.92. The summed E-state index contributed by atoms with van der Waals surface area (Å²) in [7, 11) is 0. The van der Waals surface area contributed by atoms with Crippen molar-refractivity contribution < 1.29 is 5.11 Å². The zero-order valence-electron chi connectivity index (χ0n) is 7.37. The van der Waals surface area contributed by atoms with Gasteiger partial charge in [-0.1, -0.05) is 24.4 Å². The number of rotatable bonds is 2. The first-order valence-electron chi connectivity index (χ1n) is 4.69. The summed E-state index contributed by atoms with van der Waals surface area (Å²) in [6, 6.07) is 1.88. The molecule has 2 rings (SSSR count). The van der Waals surface area contributed by atoms with Crippen molar-refractivity contribution in [3.8, 4) is 0 Å². The molecule has 1 N–H and O–H groups in total. The number of aliphatic hydroxyl groups excluding tert-OH is 1. The highest BCUT2D eigenvalue weighted by Crippen LogP contribution is 2.37. The Morgan fingerprint density at radius 3 is 2.69 bits per heavy atom. The van der Waals surface area contributed by atoms with E-state index in [0.717, 1.165) is 22.7 Å². The first-order chi connectivity index (χ1) is 6.27. The van der Waals surface area contributed by atoms with Crippen molar-refractivity contribution in [3.05, 3.63) is 21.3 Å². The van der Waals surface area contributed by atoms with Crippen molar-refractivity contribution in [1.82, 2.24) is 0 Å². The van der Waals surface area contributed by atoms with Crippen molar-refractivity contribution in [2.24, 2.45) is 5.92 Å². The molecule has 0 amide bonds. The van der Waals surface area contributed by atoms with Gasteiger partial charge < -0.3 is 5.11 Å². The number of hydrogen-bond acceptors (Lipinski definition) is 2. The molecule has 13 heavy (non-hydrogen) atoms. The highest BCUT2D eigenvalue weighted by molar-refractivity contribution is 7.14. The quantitative estimate of drug-likeness (QED) is 0.801. The number of hydrogen-bond donors (Lipinski definition) is 1. The van der Waals surface area contributed by atoms with Gasteiger partial charge in [0.15, 0.2) is 0 Å². The SMILES string of the molecule is OC(c1csc(Cl)c1)C1CCCC1. The third-order valence-corrected chi connectivity index (χ3v) is 3.89. The zero-order valence-corrected chi connectivity index (χ0v) is 8.94. The smallest absolute Gasteiger partial charge is 0.0932 e. The van der Waals surface area contributed by atoms with E-state index in [1.54, 1.807) is 0 Å². The van der Waals surface area contributed by atoms with Crippen LogP contribution in [-0.2, 0) is 0 Å². The summed E-state index contributed by atoms with van der Waals surface area (Å²) in [5.41, 5.74) is 1.00. The van der Waals surface area contributed by atoms with Gasteiger partial charge in [-0.25, -0.2) is 0 Å². The minimum absolute atomic E-state index is 0.286. The average Bonchev–Trinajstić information content (AvgIpc) is 2.72. The number of aliphatic hydroxyl groups is 1. The Morgan fingerprint density at radius 2 is 2.15 bits per heavy atom. The highest BCUT2D eigenvalue weighted by atomic mass is 35.5. The largest absolute Gasteiger partial charge is 0.388 e. The maximum Gasteiger partial charge on any atom is 0.0932 e. The van der Waals surface area contributed by atoms with E-state index >= 15 is 0 Å². The molecule has 1 fully saturated rings. The lowest BCUT2D eigenvalue weighted by molar-refractivity contribution is 0.112. The molecule has 1 heterocycles. The second kappa shape index (κ2) is 3.99. The molecule has 1 nitrogen and oxygen atoms in total. The molecule has 0 saturated heterocycles. The second-order valence-electron chi connectivity index (χ2n) is 3.67. The van der Waals surface area contributed by atoms with E-state index < -0.39 is 0 Å². The standard InChI is InChI=1S/C10H13ClOS/c11-9-5-8(6-13-9)10(12)7-3-1-2-4-7/h5-7,10,12H,1-4H2. The van der Waals surface area contributed by atoms with Crippen molar-refractivity contribution in [1.29, 1.82) is 0 Å². The predicted octanol–water partition coefficient (Wildman–Crippen LogP) is 3.63. The van der Waals surface area contributed by atoms with Crippen molar-refractivity contribution >= 4 is 22.9 Å². The Bertz CT molecular complexity index is 278. The summed E-state index contributed by atoms with van der Waals surface area (Å²) in [6.45, 7) is 0. The van der Waals surface area contributed by atoms with E-state index in [1.165, 1.54) is 24.2 Å². The van der Waals surface area contributed by atoms with Crippen molar-refractivity contribution in [3.63, 3.8) is 0 Å². The minimum atomic E-state index is -0.286. The van der Waals surface area contributed by atoms with Gasteiger partial charge in [0, 0.05) is 0 Å². The molecule has 72 valence electrons. The van der Waals surface area contributed by atoms with Crippen LogP contribution in [0.25, 0.3) is 0 Å². The molecule has 0 aromatic carbocycles. The second-order valence-corrected chi connectivity index (χ2v) is 5.22. The van der Waals surface area contributed by atoms with Gasteiger partial charge in [0.05, 0.1) is 10.4 Å². The fraction of sp³-hybridized carbons (Fsp3) is 0.600. The molecule has 0 aliphatic heterocycles. The summed E-state index contributed by atoms with van der Waals surface area (Å²) < 4.78 is 0.770. The Labute approximate surface area is 87.4 Å². The zero-order chi connectivity index (χ0) is 9.26. The van der Waals surface area contributed by atoms with E-state index in [4.69, 9.17) is 11.6 Å². The predicted molar refractivity (Wildman–Crippen MR) is 56.2 cm³/mol. The van der Waals surface area contributed by atoms with Crippen LogP contribution in [0.5, 0.6) is 0 Å². The first-order valence-corrected chi connectivity index (χ1v) is 5.95. The Morgan fingerprint density at radius 1 is 1.46 bits per heavy atom. The molecule has 1 saturated carbocycles. The lowest BCUT2D eigenvalue weighted by Crippen LogP contribution is -2.07. The molecule has 1 aromatic heterocycles. The van der Waals surface area contributed by atoms with Gasteiger partial charge in [0.25, 0.3) is 0 Å². The number of thiophene rings is 1. The molecule has 0 radical (unpaired) electrons. The summed E-state index contributed by atoms with van der Waals surface area (Å²) in [5, 5.41) is 11.9. The van der Waals surface area contributed by atoms with Gasteiger partial charge >= 0.3 is 0 Å². The van der Waals surface area contributed by atoms with Crippen molar-refractivity contribution in [2.75, 3.05) is 0 Å². The molecule has 0 spiro atoms. The lowest BCUT2D eigenvalue weighted by atomic mass is 9.96. The first kappa shape index (κ1) is 9.50. The monoisotopic (exact) mass is 216 g/mol.